The van der Waals surface area contributed by atoms with Crippen LogP contribution in [0.4, 0.5) is 10.2 Å². The minimum atomic E-state index is -0.581. The molecule has 2 heterocycles. The van der Waals surface area contributed by atoms with Gasteiger partial charge in [0.2, 0.25) is 5.89 Å². The van der Waals surface area contributed by atoms with Crippen LogP contribution in [0.25, 0.3) is 22.6 Å². The molecule has 2 aromatic carbocycles. The second-order valence-electron chi connectivity index (χ2n) is 7.69. The van der Waals surface area contributed by atoms with E-state index in [1.807, 2.05) is 6.07 Å². The molecule has 0 saturated carbocycles. The summed E-state index contributed by atoms with van der Waals surface area (Å²) >= 11 is 6.98. The van der Waals surface area contributed by atoms with Crippen molar-refractivity contribution in [1.29, 1.82) is 10.5 Å². The van der Waals surface area contributed by atoms with E-state index >= 15 is 0 Å². The van der Waals surface area contributed by atoms with E-state index in [9.17, 15) is 14.9 Å². The zero-order valence-electron chi connectivity index (χ0n) is 19.5. The maximum Gasteiger partial charge on any atom is 0.226 e. The fourth-order valence-corrected chi connectivity index (χ4v) is 4.64. The standard InChI is InChI=1S/C26H19ClFN5O3S/c1-14-22(32-25(36-14)16-4-7-20(27)21(28)10-16)13-37-26-19(12-30)23(18(11-29)24(31)33-26)15-2-5-17(6-3-15)35-9-8-34/h2-7,10,34H,8-9,13H2,1H3,(H2,31,33). The highest BCUT2D eigenvalue weighted by molar-refractivity contribution is 7.98. The molecule has 11 heteroatoms. The summed E-state index contributed by atoms with van der Waals surface area (Å²) in [7, 11) is 0. The van der Waals surface area contributed by atoms with Gasteiger partial charge in [0.25, 0.3) is 0 Å². The smallest absolute Gasteiger partial charge is 0.226 e. The second kappa shape index (κ2) is 11.3. The number of oxazole rings is 1. The van der Waals surface area contributed by atoms with Crippen molar-refractivity contribution < 1.29 is 18.7 Å². The molecular formula is C26H19ClFN5O3S. The number of halogens is 2. The number of anilines is 1. The first-order valence-corrected chi connectivity index (χ1v) is 12.2. The summed E-state index contributed by atoms with van der Waals surface area (Å²) in [4.78, 5) is 8.78. The van der Waals surface area contributed by atoms with Gasteiger partial charge in [0, 0.05) is 16.9 Å². The summed E-state index contributed by atoms with van der Waals surface area (Å²) in [6, 6.07) is 15.2. The van der Waals surface area contributed by atoms with Crippen LogP contribution in [-0.2, 0) is 5.75 Å². The quantitative estimate of drug-likeness (QED) is 0.280. The number of nitrogens with two attached hydrogens (primary N) is 1. The van der Waals surface area contributed by atoms with E-state index in [1.54, 1.807) is 37.3 Å². The summed E-state index contributed by atoms with van der Waals surface area (Å²) < 4.78 is 25.0. The van der Waals surface area contributed by atoms with E-state index in [-0.39, 0.29) is 46.8 Å². The highest BCUT2D eigenvalue weighted by Crippen LogP contribution is 2.37. The Kier molecular flexibility index (Phi) is 7.95. The van der Waals surface area contributed by atoms with Crippen LogP contribution >= 0.6 is 23.4 Å². The maximum absolute atomic E-state index is 13.9. The lowest BCUT2D eigenvalue weighted by atomic mass is 9.97. The number of nitrogen functional groups attached to an aromatic ring is 1. The molecule has 3 N–H and O–H groups in total. The number of pyridine rings is 1. The fraction of sp³-hybridized carbons (Fsp3) is 0.154. The molecule has 8 nitrogen and oxygen atoms in total. The molecule has 4 rings (SSSR count). The summed E-state index contributed by atoms with van der Waals surface area (Å²) in [5.74, 6) is 0.990. The third-order valence-electron chi connectivity index (χ3n) is 5.32. The summed E-state index contributed by atoms with van der Waals surface area (Å²) in [5.41, 5.74) is 8.36. The summed E-state index contributed by atoms with van der Waals surface area (Å²) in [6.07, 6.45) is 0. The monoisotopic (exact) mass is 535 g/mol. The van der Waals surface area contributed by atoms with E-state index in [0.717, 1.165) is 0 Å². The van der Waals surface area contributed by atoms with Gasteiger partial charge in [-0.05, 0) is 42.8 Å². The van der Waals surface area contributed by atoms with Gasteiger partial charge >= 0.3 is 0 Å². The molecule has 0 fully saturated rings. The van der Waals surface area contributed by atoms with Crippen LogP contribution in [0.2, 0.25) is 5.02 Å². The minimum absolute atomic E-state index is 0.000511. The van der Waals surface area contributed by atoms with Gasteiger partial charge in [-0.25, -0.2) is 14.4 Å². The number of nitriles is 2. The fourth-order valence-electron chi connectivity index (χ4n) is 3.52. The molecule has 0 radical (unpaired) electrons. The van der Waals surface area contributed by atoms with Gasteiger partial charge in [-0.1, -0.05) is 35.5 Å². The highest BCUT2D eigenvalue weighted by atomic mass is 35.5. The molecule has 0 spiro atoms. The van der Waals surface area contributed by atoms with Crippen molar-refractivity contribution in [2.24, 2.45) is 0 Å². The number of hydrogen-bond acceptors (Lipinski definition) is 9. The van der Waals surface area contributed by atoms with Crippen molar-refractivity contribution in [1.82, 2.24) is 9.97 Å². The Hall–Kier alpha value is -4.09. The van der Waals surface area contributed by atoms with Crippen LogP contribution in [0.15, 0.2) is 51.9 Å². The number of thioether (sulfide) groups is 1. The normalized spacial score (nSPS) is 10.6. The van der Waals surface area contributed by atoms with Crippen LogP contribution in [-0.4, -0.2) is 28.3 Å². The lowest BCUT2D eigenvalue weighted by Gasteiger charge is -2.13. The summed E-state index contributed by atoms with van der Waals surface area (Å²) in [6.45, 7) is 1.76. The Labute approximate surface area is 221 Å². The highest BCUT2D eigenvalue weighted by Gasteiger charge is 2.22. The van der Waals surface area contributed by atoms with Gasteiger partial charge in [-0.15, -0.1) is 0 Å². The van der Waals surface area contributed by atoms with Gasteiger partial charge in [0.1, 0.15) is 52.5 Å². The van der Waals surface area contributed by atoms with Gasteiger partial charge in [-0.3, -0.25) is 0 Å². The van der Waals surface area contributed by atoms with E-state index in [2.05, 4.69) is 16.0 Å². The van der Waals surface area contributed by atoms with Crippen molar-refractivity contribution in [2.45, 2.75) is 17.7 Å². The molecule has 0 atom stereocenters. The molecule has 2 aromatic heterocycles. The van der Waals surface area contributed by atoms with Crippen LogP contribution in [0, 0.1) is 35.4 Å². The van der Waals surface area contributed by atoms with E-state index in [1.165, 1.54) is 23.9 Å². The Bertz CT molecular complexity index is 1540. The van der Waals surface area contributed by atoms with Gasteiger partial charge < -0.3 is 20.0 Å². The molecule has 0 aliphatic rings. The molecule has 186 valence electrons. The SMILES string of the molecule is Cc1oc(-c2ccc(Cl)c(F)c2)nc1CSc1nc(N)c(C#N)c(-c2ccc(OCCO)cc2)c1C#N. The minimum Gasteiger partial charge on any atom is -0.491 e. The predicted octanol–water partition coefficient (Wildman–Crippen LogP) is 5.49. The molecule has 0 amide bonds. The zero-order valence-corrected chi connectivity index (χ0v) is 21.0. The van der Waals surface area contributed by atoms with Gasteiger partial charge in [0.05, 0.1) is 22.9 Å². The van der Waals surface area contributed by atoms with Crippen molar-refractivity contribution in [3.05, 3.63) is 75.9 Å². The second-order valence-corrected chi connectivity index (χ2v) is 9.06. The first-order chi connectivity index (χ1) is 17.9. The number of aliphatic hydroxyl groups excluding tert-OH is 1. The van der Waals surface area contributed by atoms with Crippen molar-refractivity contribution >= 4 is 29.2 Å². The Morgan fingerprint density at radius 3 is 2.46 bits per heavy atom. The predicted molar refractivity (Wildman–Crippen MR) is 137 cm³/mol. The molecule has 0 unspecified atom stereocenters. The molecular weight excluding hydrogens is 517 g/mol. The topological polar surface area (TPSA) is 142 Å². The lowest BCUT2D eigenvalue weighted by molar-refractivity contribution is 0.201. The first kappa shape index (κ1) is 26.0. The van der Waals surface area contributed by atoms with Crippen LogP contribution < -0.4 is 10.5 Å². The Morgan fingerprint density at radius 1 is 1.11 bits per heavy atom. The van der Waals surface area contributed by atoms with E-state index in [4.69, 9.17) is 31.6 Å². The van der Waals surface area contributed by atoms with Crippen LogP contribution in [0.5, 0.6) is 5.75 Å². The number of aryl methyl sites for hydroxylation is 1. The van der Waals surface area contributed by atoms with Crippen LogP contribution in [0.1, 0.15) is 22.6 Å². The van der Waals surface area contributed by atoms with Crippen molar-refractivity contribution in [3.63, 3.8) is 0 Å². The zero-order chi connectivity index (χ0) is 26.5. The van der Waals surface area contributed by atoms with E-state index in [0.29, 0.717) is 38.9 Å². The number of hydrogen-bond donors (Lipinski definition) is 2. The molecule has 0 aliphatic heterocycles. The summed E-state index contributed by atoms with van der Waals surface area (Å²) in [5, 5.41) is 29.0. The first-order valence-electron chi connectivity index (χ1n) is 10.9. The molecule has 4 aromatic rings. The van der Waals surface area contributed by atoms with Gasteiger partial charge in [0.15, 0.2) is 0 Å². The number of ether oxygens (including phenoxy) is 1. The molecule has 0 bridgehead atoms. The Morgan fingerprint density at radius 2 is 1.81 bits per heavy atom. The number of aromatic nitrogens is 2. The number of aliphatic hydroxyl groups is 1. The number of benzene rings is 2. The Balaban J connectivity index is 1.66. The van der Waals surface area contributed by atoms with E-state index < -0.39 is 5.82 Å². The lowest BCUT2D eigenvalue weighted by Crippen LogP contribution is -2.04. The largest absolute Gasteiger partial charge is 0.491 e. The molecule has 0 saturated heterocycles. The van der Waals surface area contributed by atoms with Crippen molar-refractivity contribution in [2.75, 3.05) is 18.9 Å². The van der Waals surface area contributed by atoms with Crippen molar-refractivity contribution in [3.8, 4) is 40.5 Å². The average molecular weight is 536 g/mol. The average Bonchev–Trinajstić information content (AvgIpc) is 3.27. The third kappa shape index (κ3) is 5.52. The number of nitrogens with zero attached hydrogens (tertiary/aromatic N) is 4. The number of rotatable bonds is 8. The molecule has 0 aliphatic carbocycles. The third-order valence-corrected chi connectivity index (χ3v) is 6.62. The van der Waals surface area contributed by atoms with Crippen LogP contribution in [0.3, 0.4) is 0 Å². The van der Waals surface area contributed by atoms with Gasteiger partial charge in [-0.2, -0.15) is 10.5 Å². The molecule has 37 heavy (non-hydrogen) atoms. The maximum atomic E-state index is 13.9.